The number of ether oxygens (including phenoxy) is 2. The number of carbonyl (C=O) groups is 2. The number of rotatable bonds is 9. The lowest BCUT2D eigenvalue weighted by molar-refractivity contribution is -0.116. The van der Waals surface area contributed by atoms with Gasteiger partial charge in [0.25, 0.3) is 0 Å². The van der Waals surface area contributed by atoms with Gasteiger partial charge in [-0.15, -0.1) is 11.3 Å². The summed E-state index contributed by atoms with van der Waals surface area (Å²) in [5, 5.41) is 5.99. The Kier molecular flexibility index (Phi) is 9.39. The molecule has 8 heteroatoms. The molecule has 0 atom stereocenters. The monoisotopic (exact) mass is 577 g/mol. The van der Waals surface area contributed by atoms with Gasteiger partial charge in [-0.1, -0.05) is 29.8 Å². The molecule has 1 heterocycles. The van der Waals surface area contributed by atoms with Crippen molar-refractivity contribution in [2.24, 2.45) is 0 Å². The summed E-state index contributed by atoms with van der Waals surface area (Å²) in [7, 11) is 0. The van der Waals surface area contributed by atoms with Crippen LogP contribution in [0.15, 0.2) is 34.1 Å². The zero-order valence-electron chi connectivity index (χ0n) is 20.5. The number of esters is 1. The van der Waals surface area contributed by atoms with Crippen LogP contribution >= 0.6 is 38.9 Å². The van der Waals surface area contributed by atoms with Crippen molar-refractivity contribution < 1.29 is 19.1 Å². The lowest BCUT2D eigenvalue weighted by atomic mass is 9.99. The van der Waals surface area contributed by atoms with Gasteiger partial charge in [0.2, 0.25) is 5.91 Å². The van der Waals surface area contributed by atoms with Gasteiger partial charge in [-0.2, -0.15) is 0 Å². The third-order valence-corrected chi connectivity index (χ3v) is 8.18. The van der Waals surface area contributed by atoms with Crippen LogP contribution in [0.2, 0.25) is 5.02 Å². The molecule has 0 saturated carbocycles. The first-order chi connectivity index (χ1) is 16.6. The zero-order valence-corrected chi connectivity index (χ0v) is 23.7. The number of halogens is 2. The highest BCUT2D eigenvalue weighted by Gasteiger charge is 2.23. The fourth-order valence-electron chi connectivity index (χ4n) is 3.59. The van der Waals surface area contributed by atoms with Gasteiger partial charge in [-0.05, 0) is 90.9 Å². The topological polar surface area (TPSA) is 64.6 Å². The largest absolute Gasteiger partial charge is 0.492 e. The third kappa shape index (κ3) is 6.46. The number of anilines is 1. The van der Waals surface area contributed by atoms with Crippen LogP contribution in [0.5, 0.6) is 5.75 Å². The van der Waals surface area contributed by atoms with Crippen LogP contribution in [0.4, 0.5) is 5.00 Å². The molecule has 0 fully saturated rings. The highest BCUT2D eigenvalue weighted by atomic mass is 79.9. The van der Waals surface area contributed by atoms with Crippen LogP contribution in [-0.2, 0) is 9.53 Å². The van der Waals surface area contributed by atoms with Gasteiger partial charge in [0.05, 0.1) is 17.7 Å². The fourth-order valence-corrected chi connectivity index (χ4v) is 5.25. The van der Waals surface area contributed by atoms with Gasteiger partial charge in [0, 0.05) is 22.4 Å². The molecule has 0 saturated heterocycles. The van der Waals surface area contributed by atoms with Gasteiger partial charge >= 0.3 is 5.97 Å². The molecule has 0 aliphatic carbocycles. The second kappa shape index (κ2) is 12.1. The molecule has 186 valence electrons. The Morgan fingerprint density at radius 1 is 1.09 bits per heavy atom. The van der Waals surface area contributed by atoms with E-state index in [1.165, 1.54) is 16.9 Å². The standard InChI is InChI=1S/C27H29BrClNO4S/c1-6-33-27(32)23-20(19-10-9-15(2)16(3)12-19)14-35-26(23)30-22(31)8-7-11-34-21-13-17(4)25(29)18(5)24(21)28/h9-10,12-14H,6-8,11H2,1-5H3,(H,30,31). The average molecular weight is 579 g/mol. The molecular weight excluding hydrogens is 550 g/mol. The summed E-state index contributed by atoms with van der Waals surface area (Å²) >= 11 is 11.1. The van der Waals surface area contributed by atoms with E-state index in [9.17, 15) is 9.59 Å². The van der Waals surface area contributed by atoms with E-state index in [4.69, 9.17) is 21.1 Å². The van der Waals surface area contributed by atoms with Crippen molar-refractivity contribution in [1.82, 2.24) is 0 Å². The zero-order chi connectivity index (χ0) is 25.7. The van der Waals surface area contributed by atoms with E-state index < -0.39 is 5.97 Å². The van der Waals surface area contributed by atoms with Gasteiger partial charge in [0.1, 0.15) is 16.3 Å². The maximum Gasteiger partial charge on any atom is 0.341 e. The van der Waals surface area contributed by atoms with Gasteiger partial charge in [0.15, 0.2) is 0 Å². The SMILES string of the molecule is CCOC(=O)c1c(-c2ccc(C)c(C)c2)csc1NC(=O)CCCOc1cc(C)c(Cl)c(C)c1Br. The third-order valence-electron chi connectivity index (χ3n) is 5.72. The number of hydrogen-bond acceptors (Lipinski definition) is 5. The number of thiophene rings is 1. The minimum absolute atomic E-state index is 0.185. The van der Waals surface area contributed by atoms with E-state index in [1.807, 2.05) is 57.3 Å². The molecule has 1 N–H and O–H groups in total. The average Bonchev–Trinajstić information content (AvgIpc) is 3.23. The number of nitrogens with one attached hydrogen (secondary N) is 1. The molecule has 0 radical (unpaired) electrons. The summed E-state index contributed by atoms with van der Waals surface area (Å²) in [6, 6.07) is 7.93. The normalized spacial score (nSPS) is 10.8. The van der Waals surface area contributed by atoms with E-state index in [2.05, 4.69) is 21.2 Å². The molecule has 3 aromatic rings. The first-order valence-corrected chi connectivity index (χ1v) is 13.4. The molecule has 1 aromatic heterocycles. The summed E-state index contributed by atoms with van der Waals surface area (Å²) in [6.45, 7) is 10.3. The molecule has 2 aromatic carbocycles. The van der Waals surface area contributed by atoms with E-state index >= 15 is 0 Å². The van der Waals surface area contributed by atoms with Crippen LogP contribution < -0.4 is 10.1 Å². The van der Waals surface area contributed by atoms with Crippen molar-refractivity contribution in [2.75, 3.05) is 18.5 Å². The van der Waals surface area contributed by atoms with E-state index in [1.54, 1.807) is 6.92 Å². The summed E-state index contributed by atoms with van der Waals surface area (Å²) in [4.78, 5) is 25.5. The van der Waals surface area contributed by atoms with Crippen molar-refractivity contribution in [3.63, 3.8) is 0 Å². The Bertz CT molecular complexity index is 1250. The molecule has 0 spiro atoms. The van der Waals surface area contributed by atoms with Gasteiger partial charge in [-0.25, -0.2) is 4.79 Å². The Morgan fingerprint density at radius 2 is 1.83 bits per heavy atom. The minimum atomic E-state index is -0.445. The number of carbonyl (C=O) groups excluding carboxylic acids is 2. The van der Waals surface area contributed by atoms with Crippen molar-refractivity contribution in [3.8, 4) is 16.9 Å². The maximum atomic E-state index is 12.8. The second-order valence-corrected chi connectivity index (χ2v) is 10.4. The van der Waals surface area contributed by atoms with Crippen molar-refractivity contribution >= 4 is 55.7 Å². The lowest BCUT2D eigenvalue weighted by Gasteiger charge is -2.13. The molecule has 3 rings (SSSR count). The Morgan fingerprint density at radius 3 is 2.51 bits per heavy atom. The van der Waals surface area contributed by atoms with Crippen LogP contribution in [0.1, 0.15) is 52.4 Å². The summed E-state index contributed by atoms with van der Waals surface area (Å²) in [6.07, 6.45) is 0.769. The molecule has 0 bridgehead atoms. The molecular formula is C27H29BrClNO4S. The van der Waals surface area contributed by atoms with Crippen LogP contribution in [0.3, 0.4) is 0 Å². The Balaban J connectivity index is 1.68. The lowest BCUT2D eigenvalue weighted by Crippen LogP contribution is -2.15. The number of benzene rings is 2. The Labute approximate surface area is 223 Å². The molecule has 1 amide bonds. The summed E-state index contributed by atoms with van der Waals surface area (Å²) in [5.41, 5.74) is 6.22. The van der Waals surface area contributed by atoms with E-state index in [0.29, 0.717) is 34.4 Å². The first-order valence-electron chi connectivity index (χ1n) is 11.4. The van der Waals surface area contributed by atoms with Crippen molar-refractivity contribution in [2.45, 2.75) is 47.5 Å². The molecule has 0 aliphatic heterocycles. The minimum Gasteiger partial charge on any atom is -0.492 e. The van der Waals surface area contributed by atoms with Crippen molar-refractivity contribution in [3.05, 3.63) is 67.0 Å². The smallest absolute Gasteiger partial charge is 0.341 e. The van der Waals surface area contributed by atoms with Crippen LogP contribution in [0.25, 0.3) is 11.1 Å². The predicted octanol–water partition coefficient (Wildman–Crippen LogP) is 8.04. The first kappa shape index (κ1) is 27.2. The second-order valence-electron chi connectivity index (χ2n) is 8.32. The molecule has 0 aliphatic rings. The van der Waals surface area contributed by atoms with Crippen LogP contribution in [0, 0.1) is 27.7 Å². The summed E-state index contributed by atoms with van der Waals surface area (Å²) in [5.74, 6) is 0.0693. The molecule has 0 unspecified atom stereocenters. The maximum absolute atomic E-state index is 12.8. The predicted molar refractivity (Wildman–Crippen MR) is 147 cm³/mol. The fraction of sp³-hybridized carbons (Fsp3) is 0.333. The Hall–Kier alpha value is -2.35. The quantitative estimate of drug-likeness (QED) is 0.206. The van der Waals surface area contributed by atoms with Gasteiger partial charge in [-0.3, -0.25) is 4.79 Å². The highest BCUT2D eigenvalue weighted by molar-refractivity contribution is 9.10. The summed E-state index contributed by atoms with van der Waals surface area (Å²) < 4.78 is 12.0. The molecule has 5 nitrogen and oxygen atoms in total. The molecule has 35 heavy (non-hydrogen) atoms. The highest BCUT2D eigenvalue weighted by Crippen LogP contribution is 2.38. The van der Waals surface area contributed by atoms with E-state index in [-0.39, 0.29) is 18.9 Å². The van der Waals surface area contributed by atoms with Crippen LogP contribution in [-0.4, -0.2) is 25.1 Å². The van der Waals surface area contributed by atoms with Gasteiger partial charge < -0.3 is 14.8 Å². The number of amides is 1. The van der Waals surface area contributed by atoms with Crippen molar-refractivity contribution in [1.29, 1.82) is 0 Å². The number of aryl methyl sites for hydroxylation is 3. The number of hydrogen-bond donors (Lipinski definition) is 1. The van der Waals surface area contributed by atoms with E-state index in [0.717, 1.165) is 32.3 Å².